The Morgan fingerprint density at radius 3 is 2.46 bits per heavy atom. The van der Waals surface area contributed by atoms with Crippen LogP contribution in [0.1, 0.15) is 13.3 Å². The van der Waals surface area contributed by atoms with Gasteiger partial charge in [0.15, 0.2) is 0 Å². The highest BCUT2D eigenvalue weighted by Crippen LogP contribution is 2.41. The Hall–Kier alpha value is -3.12. The van der Waals surface area contributed by atoms with E-state index in [1.165, 1.54) is 23.6 Å². The third-order valence-electron chi connectivity index (χ3n) is 4.57. The molecule has 0 saturated carbocycles. The molecule has 0 spiro atoms. The molecule has 1 heterocycles. The van der Waals surface area contributed by atoms with Gasteiger partial charge in [0.2, 0.25) is 17.7 Å². The van der Waals surface area contributed by atoms with Gasteiger partial charge in [-0.15, -0.1) is 11.8 Å². The molecule has 140 valence electrons. The summed E-state index contributed by atoms with van der Waals surface area (Å²) in [5, 5.41) is 4.25. The number of hydrogen-bond donors (Lipinski definition) is 1. The van der Waals surface area contributed by atoms with Gasteiger partial charge in [-0.2, -0.15) is 0 Å². The highest BCUT2D eigenvalue weighted by atomic mass is 32.2. The number of anilines is 2. The molecule has 1 aliphatic heterocycles. The summed E-state index contributed by atoms with van der Waals surface area (Å²) in [6.45, 7) is 1.45. The van der Waals surface area contributed by atoms with Crippen LogP contribution in [0, 0.1) is 0 Å². The van der Waals surface area contributed by atoms with Gasteiger partial charge in [-0.25, -0.2) is 4.90 Å². The van der Waals surface area contributed by atoms with Crippen LogP contribution in [0.2, 0.25) is 0 Å². The van der Waals surface area contributed by atoms with Crippen LogP contribution in [0.25, 0.3) is 10.8 Å². The van der Waals surface area contributed by atoms with Crippen molar-refractivity contribution in [2.75, 3.05) is 10.2 Å². The lowest BCUT2D eigenvalue weighted by Crippen LogP contribution is -2.31. The number of carbonyl (C=O) groups is 3. The van der Waals surface area contributed by atoms with Crippen LogP contribution in [-0.4, -0.2) is 23.0 Å². The van der Waals surface area contributed by atoms with Gasteiger partial charge in [-0.1, -0.05) is 48.5 Å². The Bertz CT molecular complexity index is 1080. The molecule has 3 aromatic rings. The molecule has 1 unspecified atom stereocenters. The van der Waals surface area contributed by atoms with E-state index in [0.29, 0.717) is 11.4 Å². The molecule has 3 aromatic carbocycles. The number of hydrogen-bond acceptors (Lipinski definition) is 4. The number of amides is 3. The second kappa shape index (κ2) is 7.48. The lowest BCUT2D eigenvalue weighted by molar-refractivity contribution is -0.121. The van der Waals surface area contributed by atoms with Gasteiger partial charge < -0.3 is 5.32 Å². The van der Waals surface area contributed by atoms with Crippen LogP contribution in [0.4, 0.5) is 11.4 Å². The molecule has 28 heavy (non-hydrogen) atoms. The molecule has 1 aliphatic rings. The van der Waals surface area contributed by atoms with Crippen molar-refractivity contribution in [2.24, 2.45) is 0 Å². The number of nitrogens with one attached hydrogen (secondary N) is 1. The van der Waals surface area contributed by atoms with Crippen LogP contribution < -0.4 is 10.2 Å². The SMILES string of the molecule is CC(=O)Nc1ccc2ccccc2c1SC1CC(=O)N(c2ccccc2)C1=O. The van der Waals surface area contributed by atoms with E-state index >= 15 is 0 Å². The second-order valence-corrected chi connectivity index (χ2v) is 7.77. The monoisotopic (exact) mass is 390 g/mol. The van der Waals surface area contributed by atoms with E-state index in [-0.39, 0.29) is 24.1 Å². The van der Waals surface area contributed by atoms with Crippen molar-refractivity contribution in [3.63, 3.8) is 0 Å². The molecule has 0 aliphatic carbocycles. The van der Waals surface area contributed by atoms with Crippen LogP contribution in [0.3, 0.4) is 0 Å². The first-order valence-electron chi connectivity index (χ1n) is 8.92. The Morgan fingerprint density at radius 1 is 1.00 bits per heavy atom. The van der Waals surface area contributed by atoms with Crippen LogP contribution >= 0.6 is 11.8 Å². The minimum Gasteiger partial charge on any atom is -0.325 e. The Kier molecular flexibility index (Phi) is 4.88. The van der Waals surface area contributed by atoms with Gasteiger partial charge >= 0.3 is 0 Å². The van der Waals surface area contributed by atoms with Crippen molar-refractivity contribution in [3.8, 4) is 0 Å². The smallest absolute Gasteiger partial charge is 0.247 e. The number of para-hydroxylation sites is 1. The molecule has 0 radical (unpaired) electrons. The average Bonchev–Trinajstić information content (AvgIpc) is 2.97. The molecule has 0 aromatic heterocycles. The normalized spacial score (nSPS) is 16.6. The summed E-state index contributed by atoms with van der Waals surface area (Å²) in [6.07, 6.45) is 0.126. The maximum Gasteiger partial charge on any atom is 0.247 e. The molecule has 6 heteroatoms. The first-order chi connectivity index (χ1) is 13.5. The molecular formula is C22H18N2O3S. The molecule has 3 amide bonds. The quantitative estimate of drug-likeness (QED) is 0.677. The predicted molar refractivity (Wildman–Crippen MR) is 111 cm³/mol. The van der Waals surface area contributed by atoms with E-state index in [4.69, 9.17) is 0 Å². The molecule has 0 bridgehead atoms. The maximum absolute atomic E-state index is 13.0. The molecule has 4 rings (SSSR count). The van der Waals surface area contributed by atoms with Gasteiger partial charge in [0.1, 0.15) is 0 Å². The molecule has 5 nitrogen and oxygen atoms in total. The standard InChI is InChI=1S/C22H18N2O3S/c1-14(25)23-18-12-11-15-7-5-6-10-17(15)21(18)28-19-13-20(26)24(22(19)27)16-8-3-2-4-9-16/h2-12,19H,13H2,1H3,(H,23,25). The summed E-state index contributed by atoms with van der Waals surface area (Å²) in [5.74, 6) is -0.630. The van der Waals surface area contributed by atoms with Crippen molar-refractivity contribution in [1.29, 1.82) is 0 Å². The topological polar surface area (TPSA) is 66.5 Å². The van der Waals surface area contributed by atoms with Gasteiger partial charge in [0.05, 0.1) is 16.6 Å². The zero-order valence-corrected chi connectivity index (χ0v) is 16.0. The van der Waals surface area contributed by atoms with E-state index in [9.17, 15) is 14.4 Å². The lowest BCUT2D eigenvalue weighted by Gasteiger charge is -2.17. The van der Waals surface area contributed by atoms with Gasteiger partial charge in [-0.3, -0.25) is 14.4 Å². The fraction of sp³-hybridized carbons (Fsp3) is 0.136. The number of carbonyl (C=O) groups excluding carboxylic acids is 3. The van der Waals surface area contributed by atoms with Crippen molar-refractivity contribution < 1.29 is 14.4 Å². The predicted octanol–water partition coefficient (Wildman–Crippen LogP) is 4.22. The minimum atomic E-state index is -0.536. The van der Waals surface area contributed by atoms with E-state index in [1.807, 2.05) is 42.5 Å². The first-order valence-corrected chi connectivity index (χ1v) is 9.80. The van der Waals surface area contributed by atoms with Crippen molar-refractivity contribution in [3.05, 3.63) is 66.7 Å². The largest absolute Gasteiger partial charge is 0.325 e. The highest BCUT2D eigenvalue weighted by Gasteiger charge is 2.40. The van der Waals surface area contributed by atoms with E-state index in [1.54, 1.807) is 24.3 Å². The number of fused-ring (bicyclic) bond motifs is 1. The first kappa shape index (κ1) is 18.3. The van der Waals surface area contributed by atoms with Gasteiger partial charge in [0, 0.05) is 18.2 Å². The fourth-order valence-corrected chi connectivity index (χ4v) is 4.62. The molecule has 1 atom stereocenters. The number of imide groups is 1. The van der Waals surface area contributed by atoms with E-state index in [0.717, 1.165) is 15.7 Å². The zero-order valence-electron chi connectivity index (χ0n) is 15.2. The van der Waals surface area contributed by atoms with Crippen molar-refractivity contribution in [2.45, 2.75) is 23.5 Å². The number of rotatable bonds is 4. The van der Waals surface area contributed by atoms with Crippen LogP contribution in [0.5, 0.6) is 0 Å². The minimum absolute atomic E-state index is 0.126. The Labute approximate surface area is 166 Å². The van der Waals surface area contributed by atoms with Gasteiger partial charge in [-0.05, 0) is 29.0 Å². The number of benzene rings is 3. The average molecular weight is 390 g/mol. The third kappa shape index (κ3) is 3.39. The number of thioether (sulfide) groups is 1. The highest BCUT2D eigenvalue weighted by molar-refractivity contribution is 8.01. The summed E-state index contributed by atoms with van der Waals surface area (Å²) < 4.78 is 0. The Balaban J connectivity index is 1.71. The maximum atomic E-state index is 13.0. The lowest BCUT2D eigenvalue weighted by atomic mass is 10.1. The summed E-state index contributed by atoms with van der Waals surface area (Å²) >= 11 is 1.33. The fourth-order valence-electron chi connectivity index (χ4n) is 3.34. The zero-order chi connectivity index (χ0) is 19.7. The van der Waals surface area contributed by atoms with Crippen molar-refractivity contribution in [1.82, 2.24) is 0 Å². The summed E-state index contributed by atoms with van der Waals surface area (Å²) in [4.78, 5) is 39.2. The van der Waals surface area contributed by atoms with Crippen molar-refractivity contribution >= 4 is 51.6 Å². The van der Waals surface area contributed by atoms with Crippen LogP contribution in [-0.2, 0) is 14.4 Å². The van der Waals surface area contributed by atoms with E-state index < -0.39 is 5.25 Å². The second-order valence-electron chi connectivity index (χ2n) is 6.56. The van der Waals surface area contributed by atoms with Gasteiger partial charge in [0.25, 0.3) is 0 Å². The Morgan fingerprint density at radius 2 is 1.71 bits per heavy atom. The summed E-state index contributed by atoms with van der Waals surface area (Å²) in [7, 11) is 0. The molecule has 1 N–H and O–H groups in total. The summed E-state index contributed by atoms with van der Waals surface area (Å²) in [6, 6.07) is 20.5. The summed E-state index contributed by atoms with van der Waals surface area (Å²) in [5.41, 5.74) is 1.23. The molecule has 1 fully saturated rings. The third-order valence-corrected chi connectivity index (χ3v) is 5.90. The molecular weight excluding hydrogens is 372 g/mol. The van der Waals surface area contributed by atoms with E-state index in [2.05, 4.69) is 5.32 Å². The molecule has 1 saturated heterocycles. The van der Waals surface area contributed by atoms with Crippen LogP contribution in [0.15, 0.2) is 71.6 Å². The number of nitrogens with zero attached hydrogens (tertiary/aromatic N) is 1.